The minimum atomic E-state index is -1.27. The Morgan fingerprint density at radius 1 is 0.970 bits per heavy atom. The maximum absolute atomic E-state index is 12.8. The Morgan fingerprint density at radius 2 is 1.67 bits per heavy atom. The number of amides is 1. The first-order valence-corrected chi connectivity index (χ1v) is 10.7. The number of benzene rings is 2. The predicted molar refractivity (Wildman–Crippen MR) is 125 cm³/mol. The monoisotopic (exact) mass is 448 g/mol. The summed E-state index contributed by atoms with van der Waals surface area (Å²) < 4.78 is 7.10. The number of aliphatic hydroxyl groups is 1. The van der Waals surface area contributed by atoms with Crippen LogP contribution in [0.3, 0.4) is 0 Å². The van der Waals surface area contributed by atoms with Crippen LogP contribution in [-0.2, 0) is 9.53 Å². The maximum atomic E-state index is 12.8. The summed E-state index contributed by atoms with van der Waals surface area (Å²) in [4.78, 5) is 37.4. The Balaban J connectivity index is 1.68. The van der Waals surface area contributed by atoms with E-state index in [2.05, 4.69) is 11.4 Å². The normalized spacial score (nSPS) is 11.7. The van der Waals surface area contributed by atoms with E-state index < -0.39 is 31.1 Å². The average molecular weight is 449 g/mol. The Bertz CT molecular complexity index is 1180. The van der Waals surface area contributed by atoms with Gasteiger partial charge in [-0.3, -0.25) is 9.59 Å². The molecule has 3 rings (SSSR count). The van der Waals surface area contributed by atoms with E-state index in [9.17, 15) is 19.5 Å². The highest BCUT2D eigenvalue weighted by molar-refractivity contribution is 6.00. The van der Waals surface area contributed by atoms with Gasteiger partial charge in [0.2, 0.25) is 5.78 Å². The number of hydrogen-bond acceptors (Lipinski definition) is 5. The highest BCUT2D eigenvalue weighted by atomic mass is 16.5. The van der Waals surface area contributed by atoms with Crippen LogP contribution in [0.1, 0.15) is 43.2 Å². The van der Waals surface area contributed by atoms with Crippen molar-refractivity contribution in [2.24, 2.45) is 0 Å². The minimum Gasteiger partial charge on any atom is -0.456 e. The van der Waals surface area contributed by atoms with Gasteiger partial charge in [-0.2, -0.15) is 0 Å². The number of rotatable bonds is 8. The fourth-order valence-corrected chi connectivity index (χ4v) is 3.63. The number of hydrogen-bond donors (Lipinski definition) is 2. The zero-order valence-electron chi connectivity index (χ0n) is 19.2. The highest BCUT2D eigenvalue weighted by Gasteiger charge is 2.24. The number of Topliss-reactive ketones (excluding diaryl/α,β-unsaturated/α-hetero) is 1. The van der Waals surface area contributed by atoms with E-state index in [0.29, 0.717) is 11.1 Å². The van der Waals surface area contributed by atoms with Crippen LogP contribution in [0.25, 0.3) is 5.69 Å². The van der Waals surface area contributed by atoms with Gasteiger partial charge >= 0.3 is 5.97 Å². The number of ether oxygens (including phenoxy) is 1. The van der Waals surface area contributed by atoms with Crippen LogP contribution in [0.5, 0.6) is 0 Å². The Kier molecular flexibility index (Phi) is 7.45. The van der Waals surface area contributed by atoms with Crippen molar-refractivity contribution in [3.8, 4) is 5.69 Å². The molecular weight excluding hydrogens is 420 g/mol. The summed E-state index contributed by atoms with van der Waals surface area (Å²) in [6, 6.07) is 14.9. The Hall–Kier alpha value is -3.71. The SMILES string of the molecule is Cc1ccc(-n2c(C)cc(C(=O)COC(=O)C(CO)NC(=O)c3ccccc3)c2C)cc1C. The van der Waals surface area contributed by atoms with E-state index in [0.717, 1.165) is 22.6 Å². The summed E-state index contributed by atoms with van der Waals surface area (Å²) in [5.41, 5.74) is 5.71. The maximum Gasteiger partial charge on any atom is 0.331 e. The van der Waals surface area contributed by atoms with E-state index in [1.54, 1.807) is 36.4 Å². The second-order valence-corrected chi connectivity index (χ2v) is 7.99. The summed E-state index contributed by atoms with van der Waals surface area (Å²) in [7, 11) is 0. The average Bonchev–Trinajstić information content (AvgIpc) is 3.11. The van der Waals surface area contributed by atoms with Gasteiger partial charge in [0.25, 0.3) is 5.91 Å². The second kappa shape index (κ2) is 10.3. The van der Waals surface area contributed by atoms with Crippen LogP contribution in [-0.4, -0.2) is 46.6 Å². The van der Waals surface area contributed by atoms with Crippen molar-refractivity contribution in [2.75, 3.05) is 13.2 Å². The molecule has 0 aliphatic carbocycles. The number of nitrogens with zero attached hydrogens (tertiary/aromatic N) is 1. The van der Waals surface area contributed by atoms with Crippen LogP contribution in [0.15, 0.2) is 54.6 Å². The van der Waals surface area contributed by atoms with Crippen molar-refractivity contribution in [3.05, 3.63) is 88.2 Å². The van der Waals surface area contributed by atoms with E-state index >= 15 is 0 Å². The quantitative estimate of drug-likeness (QED) is 0.407. The first kappa shape index (κ1) is 23.9. The molecule has 172 valence electrons. The van der Waals surface area contributed by atoms with Gasteiger partial charge in [0.05, 0.1) is 6.61 Å². The lowest BCUT2D eigenvalue weighted by molar-refractivity contribution is -0.145. The first-order valence-electron chi connectivity index (χ1n) is 10.7. The molecule has 1 heterocycles. The molecule has 1 aromatic heterocycles. The molecule has 0 saturated heterocycles. The molecule has 33 heavy (non-hydrogen) atoms. The van der Waals surface area contributed by atoms with Crippen LogP contribution < -0.4 is 5.32 Å². The molecule has 0 saturated carbocycles. The highest BCUT2D eigenvalue weighted by Crippen LogP contribution is 2.23. The molecule has 0 bridgehead atoms. The molecule has 0 radical (unpaired) electrons. The number of carbonyl (C=O) groups excluding carboxylic acids is 3. The molecule has 0 spiro atoms. The van der Waals surface area contributed by atoms with Crippen LogP contribution in [0.2, 0.25) is 0 Å². The van der Waals surface area contributed by atoms with Gasteiger partial charge in [-0.15, -0.1) is 0 Å². The van der Waals surface area contributed by atoms with Gasteiger partial charge in [0.15, 0.2) is 12.6 Å². The number of ketones is 1. The third-order valence-electron chi connectivity index (χ3n) is 5.63. The summed E-state index contributed by atoms with van der Waals surface area (Å²) in [6.45, 7) is 6.69. The number of aryl methyl sites for hydroxylation is 3. The summed E-state index contributed by atoms with van der Waals surface area (Å²) in [6.07, 6.45) is 0. The van der Waals surface area contributed by atoms with Gasteiger partial charge in [-0.1, -0.05) is 24.3 Å². The zero-order valence-corrected chi connectivity index (χ0v) is 19.2. The molecule has 7 nitrogen and oxygen atoms in total. The number of aromatic nitrogens is 1. The van der Waals surface area contributed by atoms with E-state index in [1.165, 1.54) is 5.56 Å². The molecule has 1 unspecified atom stereocenters. The van der Waals surface area contributed by atoms with Crippen molar-refractivity contribution in [2.45, 2.75) is 33.7 Å². The third-order valence-corrected chi connectivity index (χ3v) is 5.63. The van der Waals surface area contributed by atoms with Crippen molar-refractivity contribution >= 4 is 17.7 Å². The van der Waals surface area contributed by atoms with Crippen LogP contribution >= 0.6 is 0 Å². The summed E-state index contributed by atoms with van der Waals surface area (Å²) >= 11 is 0. The summed E-state index contributed by atoms with van der Waals surface area (Å²) in [5, 5.41) is 11.9. The molecule has 1 atom stereocenters. The largest absolute Gasteiger partial charge is 0.456 e. The van der Waals surface area contributed by atoms with E-state index in [4.69, 9.17) is 4.74 Å². The molecule has 0 fully saturated rings. The third kappa shape index (κ3) is 5.38. The lowest BCUT2D eigenvalue weighted by Crippen LogP contribution is -2.44. The Labute approximate surface area is 193 Å². The van der Waals surface area contributed by atoms with Gasteiger partial charge in [0, 0.05) is 28.2 Å². The molecule has 3 aromatic rings. The zero-order chi connectivity index (χ0) is 24.1. The molecular formula is C26H28N2O5. The molecule has 1 amide bonds. The number of esters is 1. The lowest BCUT2D eigenvalue weighted by Gasteiger charge is -2.15. The molecule has 0 aliphatic rings. The van der Waals surface area contributed by atoms with Crippen molar-refractivity contribution in [1.82, 2.24) is 9.88 Å². The van der Waals surface area contributed by atoms with Crippen molar-refractivity contribution < 1.29 is 24.2 Å². The van der Waals surface area contributed by atoms with Crippen molar-refractivity contribution in [1.29, 1.82) is 0 Å². The van der Waals surface area contributed by atoms with Gasteiger partial charge in [0.1, 0.15) is 0 Å². The van der Waals surface area contributed by atoms with Crippen LogP contribution in [0, 0.1) is 27.7 Å². The van der Waals surface area contributed by atoms with Gasteiger partial charge < -0.3 is 19.7 Å². The topological polar surface area (TPSA) is 97.6 Å². The number of nitrogens with one attached hydrogen (secondary N) is 1. The molecule has 2 aromatic carbocycles. The predicted octanol–water partition coefficient (Wildman–Crippen LogP) is 3.23. The minimum absolute atomic E-state index is 0.346. The first-order chi connectivity index (χ1) is 15.7. The lowest BCUT2D eigenvalue weighted by atomic mass is 10.1. The molecule has 2 N–H and O–H groups in total. The number of carbonyl (C=O) groups is 3. The molecule has 7 heteroatoms. The smallest absolute Gasteiger partial charge is 0.331 e. The van der Waals surface area contributed by atoms with Crippen molar-refractivity contribution in [3.63, 3.8) is 0 Å². The molecule has 0 aliphatic heterocycles. The Morgan fingerprint density at radius 3 is 2.30 bits per heavy atom. The standard InChI is InChI=1S/C26H28N2O5/c1-16-10-11-21(12-17(16)2)28-18(3)13-22(19(28)4)24(30)15-33-26(32)23(14-29)27-25(31)20-8-6-5-7-9-20/h5-13,23,29H,14-15H2,1-4H3,(H,27,31). The van der Waals surface area contributed by atoms with E-state index in [1.807, 2.05) is 44.4 Å². The van der Waals surface area contributed by atoms with E-state index in [-0.39, 0.29) is 5.78 Å². The fourth-order valence-electron chi connectivity index (χ4n) is 3.63. The fraction of sp³-hybridized carbons (Fsp3) is 0.269. The van der Waals surface area contributed by atoms with Crippen LogP contribution in [0.4, 0.5) is 0 Å². The van der Waals surface area contributed by atoms with Gasteiger partial charge in [-0.25, -0.2) is 4.79 Å². The second-order valence-electron chi connectivity index (χ2n) is 7.99. The number of aliphatic hydroxyl groups excluding tert-OH is 1. The van der Waals surface area contributed by atoms with Gasteiger partial charge in [-0.05, 0) is 69.2 Å². The summed E-state index contributed by atoms with van der Waals surface area (Å²) in [5.74, 6) is -1.76.